The van der Waals surface area contributed by atoms with Crippen molar-refractivity contribution in [1.82, 2.24) is 14.5 Å². The van der Waals surface area contributed by atoms with Crippen molar-refractivity contribution in [3.05, 3.63) is 47.8 Å². The molecule has 1 saturated heterocycles. The summed E-state index contributed by atoms with van der Waals surface area (Å²) in [5.74, 6) is 1.10. The summed E-state index contributed by atoms with van der Waals surface area (Å²) in [5, 5.41) is 0. The van der Waals surface area contributed by atoms with E-state index in [1.807, 2.05) is 24.9 Å². The van der Waals surface area contributed by atoms with Crippen LogP contribution in [0.25, 0.3) is 0 Å². The normalized spacial score (nSPS) is 17.5. The number of aromatic nitrogens is 2. The fourth-order valence-electron chi connectivity index (χ4n) is 3.06. The second-order valence-corrected chi connectivity index (χ2v) is 5.84. The summed E-state index contributed by atoms with van der Waals surface area (Å²) in [6, 6.07) is 5.95. The van der Waals surface area contributed by atoms with E-state index < -0.39 is 0 Å². The molecule has 2 aromatic rings. The number of ether oxygens (including phenoxy) is 1. The van der Waals surface area contributed by atoms with Gasteiger partial charge in [0.15, 0.2) is 6.61 Å². The third kappa shape index (κ3) is 3.36. The first kappa shape index (κ1) is 15.5. The number of halogens is 1. The van der Waals surface area contributed by atoms with Crippen LogP contribution in [0.2, 0.25) is 0 Å². The van der Waals surface area contributed by atoms with Crippen LogP contribution in [-0.4, -0.2) is 40.1 Å². The second kappa shape index (κ2) is 6.40. The lowest BCUT2D eigenvalue weighted by Crippen LogP contribution is -2.33. The Balaban J connectivity index is 1.56. The summed E-state index contributed by atoms with van der Waals surface area (Å²) in [6.45, 7) is 5.37. The molecule has 1 amide bonds. The van der Waals surface area contributed by atoms with Crippen molar-refractivity contribution in [2.24, 2.45) is 0 Å². The highest BCUT2D eigenvalue weighted by Gasteiger charge is 2.28. The smallest absolute Gasteiger partial charge is 0.260 e. The van der Waals surface area contributed by atoms with Gasteiger partial charge in [0.2, 0.25) is 0 Å². The number of nitrogens with zero attached hydrogens (tertiary/aromatic N) is 3. The van der Waals surface area contributed by atoms with Crippen LogP contribution in [-0.2, 0) is 4.79 Å². The third-order valence-corrected chi connectivity index (χ3v) is 4.22. The quantitative estimate of drug-likeness (QED) is 0.870. The number of carbonyl (C=O) groups excluding carboxylic acids is 1. The third-order valence-electron chi connectivity index (χ3n) is 4.22. The maximum Gasteiger partial charge on any atom is 0.260 e. The van der Waals surface area contributed by atoms with Crippen molar-refractivity contribution in [2.45, 2.75) is 26.3 Å². The van der Waals surface area contributed by atoms with E-state index in [2.05, 4.69) is 9.55 Å². The first-order valence-corrected chi connectivity index (χ1v) is 7.71. The lowest BCUT2D eigenvalue weighted by atomic mass is 10.2. The Morgan fingerprint density at radius 3 is 2.74 bits per heavy atom. The Morgan fingerprint density at radius 1 is 1.35 bits per heavy atom. The van der Waals surface area contributed by atoms with Gasteiger partial charge >= 0.3 is 0 Å². The fraction of sp³-hybridized carbons (Fsp3) is 0.412. The van der Waals surface area contributed by atoms with Crippen LogP contribution in [0.4, 0.5) is 4.39 Å². The number of likely N-dealkylation sites (tertiary alicyclic amines) is 1. The maximum absolute atomic E-state index is 12.8. The molecular weight excluding hydrogens is 297 g/mol. The predicted molar refractivity (Wildman–Crippen MR) is 83.8 cm³/mol. The number of hydrogen-bond acceptors (Lipinski definition) is 3. The lowest BCUT2D eigenvalue weighted by Gasteiger charge is -2.19. The lowest BCUT2D eigenvalue weighted by molar-refractivity contribution is -0.132. The predicted octanol–water partition coefficient (Wildman–Crippen LogP) is 2.49. The topological polar surface area (TPSA) is 47.4 Å². The van der Waals surface area contributed by atoms with Crippen molar-refractivity contribution in [3.63, 3.8) is 0 Å². The van der Waals surface area contributed by atoms with E-state index in [4.69, 9.17) is 4.74 Å². The zero-order chi connectivity index (χ0) is 16.4. The van der Waals surface area contributed by atoms with Crippen LogP contribution >= 0.6 is 0 Å². The molecule has 3 rings (SSSR count). The van der Waals surface area contributed by atoms with E-state index in [1.165, 1.54) is 24.3 Å². The molecule has 1 aliphatic heterocycles. The SMILES string of the molecule is Cc1cnc(C)n1C1CCN(C(=O)COc2ccc(F)cc2)C1. The van der Waals surface area contributed by atoms with Gasteiger partial charge < -0.3 is 14.2 Å². The van der Waals surface area contributed by atoms with E-state index >= 15 is 0 Å². The van der Waals surface area contributed by atoms with E-state index in [1.54, 1.807) is 0 Å². The Bertz CT molecular complexity index is 677. The average molecular weight is 317 g/mol. The van der Waals surface area contributed by atoms with Crippen LogP contribution in [0.5, 0.6) is 5.75 Å². The Morgan fingerprint density at radius 2 is 2.09 bits per heavy atom. The van der Waals surface area contributed by atoms with Gasteiger partial charge in [-0.3, -0.25) is 4.79 Å². The van der Waals surface area contributed by atoms with Crippen LogP contribution in [0.3, 0.4) is 0 Å². The first-order valence-electron chi connectivity index (χ1n) is 7.71. The Labute approximate surface area is 134 Å². The first-order chi connectivity index (χ1) is 11.0. The number of amides is 1. The number of imidazole rings is 1. The second-order valence-electron chi connectivity index (χ2n) is 5.84. The summed E-state index contributed by atoms with van der Waals surface area (Å²) in [7, 11) is 0. The molecule has 0 saturated carbocycles. The average Bonchev–Trinajstić information content (AvgIpc) is 3.13. The largest absolute Gasteiger partial charge is 0.484 e. The monoisotopic (exact) mass is 317 g/mol. The highest BCUT2D eigenvalue weighted by molar-refractivity contribution is 5.78. The Kier molecular flexibility index (Phi) is 4.32. The number of benzene rings is 1. The molecule has 1 fully saturated rings. The summed E-state index contributed by atoms with van der Waals surface area (Å²) in [6.07, 6.45) is 2.78. The van der Waals surface area contributed by atoms with Crippen LogP contribution < -0.4 is 4.74 Å². The molecule has 122 valence electrons. The molecule has 0 bridgehead atoms. The van der Waals surface area contributed by atoms with Crippen molar-refractivity contribution < 1.29 is 13.9 Å². The number of hydrogen-bond donors (Lipinski definition) is 0. The molecule has 1 aliphatic rings. The maximum atomic E-state index is 12.8. The number of carbonyl (C=O) groups is 1. The zero-order valence-electron chi connectivity index (χ0n) is 13.3. The van der Waals surface area contributed by atoms with Gasteiger partial charge in [-0.15, -0.1) is 0 Å². The van der Waals surface area contributed by atoms with E-state index in [-0.39, 0.29) is 24.4 Å². The molecular formula is C17H20FN3O2. The Hall–Kier alpha value is -2.37. The van der Waals surface area contributed by atoms with Gasteiger partial charge in [0, 0.05) is 25.0 Å². The van der Waals surface area contributed by atoms with Crippen molar-refractivity contribution in [3.8, 4) is 5.75 Å². The van der Waals surface area contributed by atoms with Crippen molar-refractivity contribution >= 4 is 5.91 Å². The van der Waals surface area contributed by atoms with Crippen molar-refractivity contribution in [1.29, 1.82) is 0 Å². The molecule has 5 nitrogen and oxygen atoms in total. The van der Waals surface area contributed by atoms with Crippen LogP contribution in [0, 0.1) is 19.7 Å². The van der Waals surface area contributed by atoms with E-state index in [9.17, 15) is 9.18 Å². The summed E-state index contributed by atoms with van der Waals surface area (Å²) < 4.78 is 20.5. The fourth-order valence-corrected chi connectivity index (χ4v) is 3.06. The van der Waals surface area contributed by atoms with Gasteiger partial charge in [-0.05, 0) is 44.5 Å². The standard InChI is InChI=1S/C17H20FN3O2/c1-12-9-19-13(2)21(12)15-7-8-20(10-15)17(22)11-23-16-5-3-14(18)4-6-16/h3-6,9,15H,7-8,10-11H2,1-2H3. The number of aryl methyl sites for hydroxylation is 2. The molecule has 0 N–H and O–H groups in total. The molecule has 23 heavy (non-hydrogen) atoms. The molecule has 0 radical (unpaired) electrons. The van der Waals surface area contributed by atoms with Gasteiger partial charge in [-0.25, -0.2) is 9.37 Å². The minimum atomic E-state index is -0.322. The highest BCUT2D eigenvalue weighted by atomic mass is 19.1. The molecule has 0 aliphatic carbocycles. The number of rotatable bonds is 4. The van der Waals surface area contributed by atoms with E-state index in [0.717, 1.165) is 17.9 Å². The van der Waals surface area contributed by atoms with Gasteiger partial charge in [0.1, 0.15) is 17.4 Å². The minimum Gasteiger partial charge on any atom is -0.484 e. The van der Waals surface area contributed by atoms with Crippen molar-refractivity contribution in [2.75, 3.05) is 19.7 Å². The minimum absolute atomic E-state index is 0.0275. The molecule has 2 heterocycles. The van der Waals surface area contributed by atoms with Gasteiger partial charge in [0.05, 0.1) is 6.04 Å². The van der Waals surface area contributed by atoms with Gasteiger partial charge in [-0.1, -0.05) is 0 Å². The summed E-state index contributed by atoms with van der Waals surface area (Å²) in [5.41, 5.74) is 1.12. The van der Waals surface area contributed by atoms with Crippen LogP contribution in [0.15, 0.2) is 30.5 Å². The van der Waals surface area contributed by atoms with Gasteiger partial charge in [-0.2, -0.15) is 0 Å². The molecule has 6 heteroatoms. The van der Waals surface area contributed by atoms with Gasteiger partial charge in [0.25, 0.3) is 5.91 Å². The molecule has 1 unspecified atom stereocenters. The summed E-state index contributed by atoms with van der Waals surface area (Å²) in [4.78, 5) is 18.4. The molecule has 1 atom stereocenters. The van der Waals surface area contributed by atoms with E-state index in [0.29, 0.717) is 18.8 Å². The van der Waals surface area contributed by atoms with Crippen LogP contribution in [0.1, 0.15) is 24.0 Å². The zero-order valence-corrected chi connectivity index (χ0v) is 13.3. The molecule has 1 aromatic heterocycles. The molecule has 1 aromatic carbocycles. The molecule has 0 spiro atoms. The summed E-state index contributed by atoms with van der Waals surface area (Å²) >= 11 is 0. The highest BCUT2D eigenvalue weighted by Crippen LogP contribution is 2.24.